The second kappa shape index (κ2) is 8.52. The summed E-state index contributed by atoms with van der Waals surface area (Å²) in [5.41, 5.74) is 0.333. The highest BCUT2D eigenvalue weighted by Crippen LogP contribution is 2.17. The maximum Gasteiger partial charge on any atom is 0.308 e. The van der Waals surface area contributed by atoms with Crippen molar-refractivity contribution < 1.29 is 23.1 Å². The molecule has 0 aliphatic rings. The van der Waals surface area contributed by atoms with Gasteiger partial charge in [0.25, 0.3) is 5.91 Å². The third-order valence-electron chi connectivity index (χ3n) is 3.31. The number of rotatable bonds is 9. The Morgan fingerprint density at radius 3 is 2.43 bits per heavy atom. The number of benzene rings is 1. The molecule has 0 heterocycles. The molecule has 1 unspecified atom stereocenters. The third-order valence-corrected chi connectivity index (χ3v) is 4.60. The molecule has 128 valence electrons. The summed E-state index contributed by atoms with van der Waals surface area (Å²) >= 11 is 0. The second-order valence-corrected chi connectivity index (χ2v) is 7.10. The van der Waals surface area contributed by atoms with Crippen LogP contribution < -0.4 is 10.0 Å². The Hall–Kier alpha value is -2.09. The van der Waals surface area contributed by atoms with E-state index in [0.717, 1.165) is 0 Å². The number of carboxylic acids is 1. The molecule has 0 fully saturated rings. The average molecular weight is 342 g/mol. The number of para-hydroxylation sites is 1. The Kier molecular flexibility index (Phi) is 7.02. The summed E-state index contributed by atoms with van der Waals surface area (Å²) < 4.78 is 25.7. The van der Waals surface area contributed by atoms with Crippen molar-refractivity contribution in [1.29, 1.82) is 0 Å². The molecule has 0 saturated carbocycles. The summed E-state index contributed by atoms with van der Waals surface area (Å²) in [5, 5.41) is 11.6. The van der Waals surface area contributed by atoms with E-state index in [-0.39, 0.29) is 23.5 Å². The highest BCUT2D eigenvalue weighted by molar-refractivity contribution is 7.92. The van der Waals surface area contributed by atoms with Crippen LogP contribution in [0.25, 0.3) is 0 Å². The van der Waals surface area contributed by atoms with Crippen LogP contribution in [0.4, 0.5) is 5.69 Å². The topological polar surface area (TPSA) is 113 Å². The molecule has 0 aliphatic heterocycles. The quantitative estimate of drug-likeness (QED) is 0.632. The van der Waals surface area contributed by atoms with E-state index < -0.39 is 27.8 Å². The van der Waals surface area contributed by atoms with Crippen LogP contribution in [0.3, 0.4) is 0 Å². The van der Waals surface area contributed by atoms with Crippen LogP contribution in [0.5, 0.6) is 0 Å². The molecule has 0 aliphatic carbocycles. The zero-order valence-electron chi connectivity index (χ0n) is 13.2. The lowest BCUT2D eigenvalue weighted by Gasteiger charge is -2.14. The number of sulfonamides is 1. The van der Waals surface area contributed by atoms with E-state index in [9.17, 15) is 18.0 Å². The van der Waals surface area contributed by atoms with Crippen molar-refractivity contribution >= 4 is 27.6 Å². The molecule has 0 bridgehead atoms. The van der Waals surface area contributed by atoms with Gasteiger partial charge in [0, 0.05) is 6.54 Å². The van der Waals surface area contributed by atoms with E-state index in [1.165, 1.54) is 19.1 Å². The molecule has 0 saturated heterocycles. The van der Waals surface area contributed by atoms with E-state index in [2.05, 4.69) is 10.0 Å². The summed E-state index contributed by atoms with van der Waals surface area (Å²) in [5.74, 6) is -2.25. The zero-order chi connectivity index (χ0) is 17.5. The van der Waals surface area contributed by atoms with Crippen molar-refractivity contribution in [3.63, 3.8) is 0 Å². The van der Waals surface area contributed by atoms with E-state index in [0.29, 0.717) is 12.8 Å². The van der Waals surface area contributed by atoms with Crippen molar-refractivity contribution in [1.82, 2.24) is 5.32 Å². The van der Waals surface area contributed by atoms with Gasteiger partial charge in [0.1, 0.15) is 0 Å². The van der Waals surface area contributed by atoms with Gasteiger partial charge < -0.3 is 10.4 Å². The third kappa shape index (κ3) is 5.90. The first-order valence-electron chi connectivity index (χ1n) is 7.41. The highest BCUT2D eigenvalue weighted by Gasteiger charge is 2.19. The first kappa shape index (κ1) is 19.0. The molecule has 1 amide bonds. The van der Waals surface area contributed by atoms with Crippen LogP contribution in [0.2, 0.25) is 0 Å². The SMILES string of the molecule is CCCC(CNC(=O)c1ccccc1NS(=O)(=O)CC)C(=O)O. The fourth-order valence-electron chi connectivity index (χ4n) is 1.98. The van der Waals surface area contributed by atoms with E-state index in [1.54, 1.807) is 12.1 Å². The zero-order valence-corrected chi connectivity index (χ0v) is 14.0. The monoisotopic (exact) mass is 342 g/mol. The predicted molar refractivity (Wildman–Crippen MR) is 87.9 cm³/mol. The molecule has 0 spiro atoms. The van der Waals surface area contributed by atoms with Gasteiger partial charge in [-0.15, -0.1) is 0 Å². The van der Waals surface area contributed by atoms with Gasteiger partial charge in [-0.25, -0.2) is 8.42 Å². The number of carbonyl (C=O) groups excluding carboxylic acids is 1. The van der Waals surface area contributed by atoms with Gasteiger partial charge in [0.15, 0.2) is 0 Å². The molecule has 1 aromatic rings. The Balaban J connectivity index is 2.86. The highest BCUT2D eigenvalue weighted by atomic mass is 32.2. The summed E-state index contributed by atoms with van der Waals surface area (Å²) in [6.45, 7) is 3.36. The van der Waals surface area contributed by atoms with Gasteiger partial charge in [-0.1, -0.05) is 25.5 Å². The lowest BCUT2D eigenvalue weighted by molar-refractivity contribution is -0.141. The molecule has 7 nitrogen and oxygen atoms in total. The van der Waals surface area contributed by atoms with Crippen molar-refractivity contribution in [3.8, 4) is 0 Å². The number of anilines is 1. The minimum absolute atomic E-state index is 0.00311. The standard InChI is InChI=1S/C15H22N2O5S/c1-3-7-11(15(19)20)10-16-14(18)12-8-5-6-9-13(12)17-23(21,22)4-2/h5-6,8-9,11,17H,3-4,7,10H2,1-2H3,(H,16,18)(H,19,20). The maximum atomic E-state index is 12.2. The molecule has 0 radical (unpaired) electrons. The number of hydrogen-bond donors (Lipinski definition) is 3. The summed E-state index contributed by atoms with van der Waals surface area (Å²) in [4.78, 5) is 23.3. The number of aliphatic carboxylic acids is 1. The van der Waals surface area contributed by atoms with Gasteiger partial charge in [-0.2, -0.15) is 0 Å². The van der Waals surface area contributed by atoms with Crippen molar-refractivity contribution in [3.05, 3.63) is 29.8 Å². The van der Waals surface area contributed by atoms with Gasteiger partial charge in [0.2, 0.25) is 10.0 Å². The number of carbonyl (C=O) groups is 2. The van der Waals surface area contributed by atoms with E-state index in [4.69, 9.17) is 5.11 Å². The molecule has 3 N–H and O–H groups in total. The number of amides is 1. The van der Waals surface area contributed by atoms with Crippen LogP contribution >= 0.6 is 0 Å². The molecule has 0 aromatic heterocycles. The summed E-state index contributed by atoms with van der Waals surface area (Å²) in [7, 11) is -3.51. The smallest absolute Gasteiger partial charge is 0.308 e. The van der Waals surface area contributed by atoms with Gasteiger partial charge >= 0.3 is 5.97 Å². The molecular weight excluding hydrogens is 320 g/mol. The molecule has 8 heteroatoms. The lowest BCUT2D eigenvalue weighted by atomic mass is 10.0. The number of nitrogens with one attached hydrogen (secondary N) is 2. The van der Waals surface area contributed by atoms with Gasteiger partial charge in [0.05, 0.1) is 22.9 Å². The van der Waals surface area contributed by atoms with Gasteiger partial charge in [-0.05, 0) is 25.5 Å². The second-order valence-electron chi connectivity index (χ2n) is 5.08. The maximum absolute atomic E-state index is 12.2. The van der Waals surface area contributed by atoms with E-state index in [1.807, 2.05) is 6.92 Å². The van der Waals surface area contributed by atoms with Crippen LogP contribution in [-0.2, 0) is 14.8 Å². The van der Waals surface area contributed by atoms with Crippen LogP contribution in [0, 0.1) is 5.92 Å². The number of hydrogen-bond acceptors (Lipinski definition) is 4. The Morgan fingerprint density at radius 1 is 1.22 bits per heavy atom. The lowest BCUT2D eigenvalue weighted by Crippen LogP contribution is -2.33. The minimum Gasteiger partial charge on any atom is -0.481 e. The fraction of sp³-hybridized carbons (Fsp3) is 0.467. The first-order chi connectivity index (χ1) is 10.8. The van der Waals surface area contributed by atoms with Crippen LogP contribution in [-0.4, -0.2) is 37.7 Å². The molecule has 1 rings (SSSR count). The summed E-state index contributed by atoms with van der Waals surface area (Å²) in [6.07, 6.45) is 1.15. The van der Waals surface area contributed by atoms with Crippen molar-refractivity contribution in [2.75, 3.05) is 17.0 Å². The normalized spacial score (nSPS) is 12.4. The van der Waals surface area contributed by atoms with Gasteiger partial charge in [-0.3, -0.25) is 14.3 Å². The Labute approximate surface area is 136 Å². The van der Waals surface area contributed by atoms with Crippen LogP contribution in [0.15, 0.2) is 24.3 Å². The van der Waals surface area contributed by atoms with Crippen molar-refractivity contribution in [2.45, 2.75) is 26.7 Å². The molecule has 23 heavy (non-hydrogen) atoms. The largest absolute Gasteiger partial charge is 0.481 e. The Bertz CT molecular complexity index is 658. The van der Waals surface area contributed by atoms with E-state index >= 15 is 0 Å². The average Bonchev–Trinajstić information content (AvgIpc) is 2.51. The number of carboxylic acid groups (broad SMARTS) is 1. The Morgan fingerprint density at radius 2 is 1.87 bits per heavy atom. The first-order valence-corrected chi connectivity index (χ1v) is 9.06. The molecule has 1 aromatic carbocycles. The van der Waals surface area contributed by atoms with Crippen molar-refractivity contribution in [2.24, 2.45) is 5.92 Å². The summed E-state index contributed by atoms with van der Waals surface area (Å²) in [6, 6.07) is 6.20. The minimum atomic E-state index is -3.51. The predicted octanol–water partition coefficient (Wildman–Crippen LogP) is 1.68. The van der Waals surface area contributed by atoms with Crippen LogP contribution in [0.1, 0.15) is 37.0 Å². The molecular formula is C15H22N2O5S. The molecule has 1 atom stereocenters. The fourth-order valence-corrected chi connectivity index (χ4v) is 2.64.